The fraction of sp³-hybridized carbons (Fsp3) is 0.375. The van der Waals surface area contributed by atoms with E-state index in [0.717, 1.165) is 8.59 Å². The van der Waals surface area contributed by atoms with Gasteiger partial charge in [-0.2, -0.15) is 0 Å². The summed E-state index contributed by atoms with van der Waals surface area (Å²) in [5, 5.41) is 0.770. The Kier molecular flexibility index (Phi) is 3.13. The summed E-state index contributed by atoms with van der Waals surface area (Å²) in [5.74, 6) is 0.470. The first-order valence-electron chi connectivity index (χ1n) is 3.42. The molecule has 0 aliphatic carbocycles. The van der Waals surface area contributed by atoms with Gasteiger partial charge >= 0.3 is 0 Å². The molecule has 1 nitrogen and oxygen atoms in total. The van der Waals surface area contributed by atoms with Crippen LogP contribution in [0.3, 0.4) is 0 Å². The van der Waals surface area contributed by atoms with Gasteiger partial charge in [-0.05, 0) is 34.1 Å². The van der Waals surface area contributed by atoms with Gasteiger partial charge in [-0.1, -0.05) is 25.4 Å². The molecule has 0 fully saturated rings. The Morgan fingerprint density at radius 2 is 2.09 bits per heavy atom. The Morgan fingerprint density at radius 1 is 1.45 bits per heavy atom. The van der Waals surface area contributed by atoms with E-state index in [1.807, 2.05) is 6.20 Å². The number of hydrogen-bond donors (Lipinski definition) is 0. The highest BCUT2D eigenvalue weighted by Gasteiger charge is 2.08. The lowest BCUT2D eigenvalue weighted by Crippen LogP contribution is -1.93. The predicted octanol–water partition coefficient (Wildman–Crippen LogP) is 3.46. The van der Waals surface area contributed by atoms with Crippen LogP contribution in [-0.4, -0.2) is 4.98 Å². The summed E-state index contributed by atoms with van der Waals surface area (Å²) in [6.45, 7) is 4.26. The van der Waals surface area contributed by atoms with Crippen molar-refractivity contribution in [2.75, 3.05) is 0 Å². The average Bonchev–Trinajstić information content (AvgIpc) is 1.85. The Hall–Kier alpha value is 0.170. The normalized spacial score (nSPS) is 10.6. The SMILES string of the molecule is CC(C)c1c(Cl)cncc1I. The van der Waals surface area contributed by atoms with Gasteiger partial charge in [0.2, 0.25) is 0 Å². The van der Waals surface area contributed by atoms with E-state index in [1.54, 1.807) is 6.20 Å². The van der Waals surface area contributed by atoms with Crippen molar-refractivity contribution in [3.8, 4) is 0 Å². The summed E-state index contributed by atoms with van der Waals surface area (Å²) < 4.78 is 1.14. The van der Waals surface area contributed by atoms with Crippen LogP contribution in [0.1, 0.15) is 25.3 Å². The van der Waals surface area contributed by atoms with E-state index in [2.05, 4.69) is 41.4 Å². The second-order valence-electron chi connectivity index (χ2n) is 2.67. The van der Waals surface area contributed by atoms with E-state index in [4.69, 9.17) is 11.6 Å². The molecule has 0 aliphatic heterocycles. The molecule has 0 aliphatic rings. The highest BCUT2D eigenvalue weighted by atomic mass is 127. The van der Waals surface area contributed by atoms with Crippen molar-refractivity contribution >= 4 is 34.2 Å². The molecule has 1 aromatic rings. The summed E-state index contributed by atoms with van der Waals surface area (Å²) in [4.78, 5) is 3.99. The van der Waals surface area contributed by atoms with Gasteiger partial charge in [0, 0.05) is 16.0 Å². The molecule has 0 aromatic carbocycles. The van der Waals surface area contributed by atoms with Crippen LogP contribution in [0.4, 0.5) is 0 Å². The number of pyridine rings is 1. The molecule has 0 bridgehead atoms. The lowest BCUT2D eigenvalue weighted by atomic mass is 10.1. The van der Waals surface area contributed by atoms with Crippen LogP contribution in [-0.2, 0) is 0 Å². The first kappa shape index (κ1) is 9.26. The molecule has 11 heavy (non-hydrogen) atoms. The fourth-order valence-electron chi connectivity index (χ4n) is 0.973. The maximum Gasteiger partial charge on any atom is 0.0634 e. The summed E-state index contributed by atoms with van der Waals surface area (Å²) in [7, 11) is 0. The van der Waals surface area contributed by atoms with Crippen molar-refractivity contribution in [2.24, 2.45) is 0 Å². The number of rotatable bonds is 1. The van der Waals surface area contributed by atoms with Crippen molar-refractivity contribution in [2.45, 2.75) is 19.8 Å². The standard InChI is InChI=1S/C8H9ClIN/c1-5(2)8-6(9)3-11-4-7(8)10/h3-5H,1-2H3. The summed E-state index contributed by atoms with van der Waals surface area (Å²) in [5.41, 5.74) is 1.20. The molecule has 0 unspecified atom stereocenters. The summed E-state index contributed by atoms with van der Waals surface area (Å²) in [6, 6.07) is 0. The van der Waals surface area contributed by atoms with Crippen molar-refractivity contribution in [1.82, 2.24) is 4.98 Å². The Balaban J connectivity index is 3.21. The van der Waals surface area contributed by atoms with Crippen molar-refractivity contribution in [3.05, 3.63) is 26.5 Å². The number of nitrogens with zero attached hydrogens (tertiary/aromatic N) is 1. The Labute approximate surface area is 85.3 Å². The second kappa shape index (κ2) is 3.72. The van der Waals surface area contributed by atoms with Crippen LogP contribution in [0.15, 0.2) is 12.4 Å². The van der Waals surface area contributed by atoms with Crippen LogP contribution in [0.2, 0.25) is 5.02 Å². The molecular formula is C8H9ClIN. The maximum atomic E-state index is 5.96. The molecule has 0 N–H and O–H groups in total. The van der Waals surface area contributed by atoms with Gasteiger partial charge in [0.1, 0.15) is 0 Å². The molecule has 0 saturated heterocycles. The lowest BCUT2D eigenvalue weighted by Gasteiger charge is -2.08. The van der Waals surface area contributed by atoms with Gasteiger partial charge in [0.15, 0.2) is 0 Å². The first-order valence-corrected chi connectivity index (χ1v) is 4.87. The molecular weight excluding hydrogens is 272 g/mol. The zero-order chi connectivity index (χ0) is 8.43. The first-order chi connectivity index (χ1) is 5.13. The molecule has 3 heteroatoms. The van der Waals surface area contributed by atoms with E-state index >= 15 is 0 Å². The van der Waals surface area contributed by atoms with E-state index in [1.165, 1.54) is 5.56 Å². The highest BCUT2D eigenvalue weighted by Crippen LogP contribution is 2.27. The summed E-state index contributed by atoms with van der Waals surface area (Å²) >= 11 is 8.21. The third-order valence-electron chi connectivity index (χ3n) is 1.47. The average molecular weight is 282 g/mol. The van der Waals surface area contributed by atoms with Crippen LogP contribution in [0.25, 0.3) is 0 Å². The van der Waals surface area contributed by atoms with Crippen molar-refractivity contribution < 1.29 is 0 Å². The molecule has 60 valence electrons. The largest absolute Gasteiger partial charge is 0.262 e. The van der Waals surface area contributed by atoms with Gasteiger partial charge < -0.3 is 0 Å². The van der Waals surface area contributed by atoms with Gasteiger partial charge in [0.05, 0.1) is 5.02 Å². The van der Waals surface area contributed by atoms with Crippen LogP contribution in [0.5, 0.6) is 0 Å². The van der Waals surface area contributed by atoms with Gasteiger partial charge in [-0.3, -0.25) is 4.98 Å². The molecule has 1 rings (SSSR count). The molecule has 1 heterocycles. The van der Waals surface area contributed by atoms with E-state index in [9.17, 15) is 0 Å². The third kappa shape index (κ3) is 2.06. The number of aromatic nitrogens is 1. The van der Waals surface area contributed by atoms with Crippen molar-refractivity contribution in [3.63, 3.8) is 0 Å². The Morgan fingerprint density at radius 3 is 2.45 bits per heavy atom. The minimum atomic E-state index is 0.470. The van der Waals surface area contributed by atoms with Crippen LogP contribution < -0.4 is 0 Å². The summed E-state index contributed by atoms with van der Waals surface area (Å²) in [6.07, 6.45) is 3.53. The van der Waals surface area contributed by atoms with E-state index in [0.29, 0.717) is 5.92 Å². The fourth-order valence-corrected chi connectivity index (χ4v) is 2.58. The van der Waals surface area contributed by atoms with E-state index in [-0.39, 0.29) is 0 Å². The topological polar surface area (TPSA) is 12.9 Å². The van der Waals surface area contributed by atoms with Crippen LogP contribution in [0, 0.1) is 3.57 Å². The highest BCUT2D eigenvalue weighted by molar-refractivity contribution is 14.1. The van der Waals surface area contributed by atoms with Crippen LogP contribution >= 0.6 is 34.2 Å². The minimum Gasteiger partial charge on any atom is -0.262 e. The molecule has 0 saturated carbocycles. The quantitative estimate of drug-likeness (QED) is 0.718. The second-order valence-corrected chi connectivity index (χ2v) is 4.24. The Bertz CT molecular complexity index is 240. The lowest BCUT2D eigenvalue weighted by molar-refractivity contribution is 0.856. The van der Waals surface area contributed by atoms with Crippen molar-refractivity contribution in [1.29, 1.82) is 0 Å². The zero-order valence-electron chi connectivity index (χ0n) is 6.44. The molecule has 0 atom stereocenters. The van der Waals surface area contributed by atoms with Gasteiger partial charge in [-0.15, -0.1) is 0 Å². The van der Waals surface area contributed by atoms with Gasteiger partial charge in [-0.25, -0.2) is 0 Å². The maximum absolute atomic E-state index is 5.96. The zero-order valence-corrected chi connectivity index (χ0v) is 9.35. The number of halogens is 2. The molecule has 0 amide bonds. The van der Waals surface area contributed by atoms with Gasteiger partial charge in [0.25, 0.3) is 0 Å². The monoisotopic (exact) mass is 281 g/mol. The smallest absolute Gasteiger partial charge is 0.0634 e. The minimum absolute atomic E-state index is 0.470. The molecule has 0 spiro atoms. The third-order valence-corrected chi connectivity index (χ3v) is 2.63. The number of hydrogen-bond acceptors (Lipinski definition) is 1. The molecule has 1 aromatic heterocycles. The molecule has 0 radical (unpaired) electrons. The van der Waals surface area contributed by atoms with E-state index < -0.39 is 0 Å². The predicted molar refractivity (Wildman–Crippen MR) is 56.1 cm³/mol.